The van der Waals surface area contributed by atoms with Crippen LogP contribution in [0.5, 0.6) is 0 Å². The molecule has 29 heavy (non-hydrogen) atoms. The molecule has 1 aromatic rings. The van der Waals surface area contributed by atoms with E-state index in [1.54, 1.807) is 0 Å². The smallest absolute Gasteiger partial charge is 0.224 e. The molecule has 3 fully saturated rings. The van der Waals surface area contributed by atoms with E-state index in [2.05, 4.69) is 10.2 Å². The summed E-state index contributed by atoms with van der Waals surface area (Å²) in [5, 5.41) is 13.6. The van der Waals surface area contributed by atoms with Crippen LogP contribution in [0.2, 0.25) is 0 Å². The summed E-state index contributed by atoms with van der Waals surface area (Å²) in [7, 11) is 0. The molecule has 1 amide bonds. The van der Waals surface area contributed by atoms with Gasteiger partial charge in [-0.15, -0.1) is 24.8 Å². The van der Waals surface area contributed by atoms with E-state index in [9.17, 15) is 9.90 Å². The number of rotatable bonds is 6. The molecule has 0 aromatic heterocycles. The van der Waals surface area contributed by atoms with Gasteiger partial charge in [0.05, 0.1) is 12.0 Å². The number of aliphatic hydroxyl groups is 1. The summed E-state index contributed by atoms with van der Waals surface area (Å²) in [6.07, 6.45) is 5.26. The molecular weight excluding hydrogens is 409 g/mol. The molecule has 1 heterocycles. The number of amides is 1. The molecule has 2 bridgehead atoms. The lowest BCUT2D eigenvalue weighted by Gasteiger charge is -2.34. The van der Waals surface area contributed by atoms with Gasteiger partial charge in [0, 0.05) is 19.1 Å². The summed E-state index contributed by atoms with van der Waals surface area (Å²) in [5.74, 6) is 1.87. The topological polar surface area (TPSA) is 78.6 Å². The summed E-state index contributed by atoms with van der Waals surface area (Å²) in [5.41, 5.74) is 7.28. The lowest BCUT2D eigenvalue weighted by atomic mass is 9.84. The standard InChI is InChI=1S/C22H33N3O2.2ClH/c23-21-18-7-6-17(12-18)20(21)22(27)24-13-15-8-10-25(11-9-15)14-19(26)16-4-2-1-3-5-16;;/h1-5,15,17-21,26H,6-14,23H2,(H,24,27);2*1H. The molecule has 5 nitrogen and oxygen atoms in total. The third-order valence-corrected chi connectivity index (χ3v) is 7.17. The highest BCUT2D eigenvalue weighted by Gasteiger charge is 2.49. The Kier molecular flexibility index (Phi) is 9.23. The number of nitrogens with zero attached hydrogens (tertiary/aromatic N) is 1. The Hall–Kier alpha value is -0.850. The second-order valence-corrected chi connectivity index (χ2v) is 8.85. The molecule has 5 unspecified atom stereocenters. The lowest BCUT2D eigenvalue weighted by molar-refractivity contribution is -0.127. The average Bonchev–Trinajstić information content (AvgIpc) is 3.29. The number of hydrogen-bond donors (Lipinski definition) is 3. The summed E-state index contributed by atoms with van der Waals surface area (Å²) in [6, 6.07) is 9.94. The Bertz CT molecular complexity index is 638. The molecule has 4 N–H and O–H groups in total. The van der Waals surface area contributed by atoms with Crippen LogP contribution in [0.4, 0.5) is 0 Å². The van der Waals surface area contributed by atoms with Crippen molar-refractivity contribution in [3.05, 3.63) is 35.9 Å². The van der Waals surface area contributed by atoms with Gasteiger partial charge in [-0.05, 0) is 68.5 Å². The molecule has 2 aliphatic carbocycles. The summed E-state index contributed by atoms with van der Waals surface area (Å²) in [4.78, 5) is 15.0. The van der Waals surface area contributed by atoms with Crippen molar-refractivity contribution in [3.63, 3.8) is 0 Å². The fraction of sp³-hybridized carbons (Fsp3) is 0.682. The zero-order valence-electron chi connectivity index (χ0n) is 16.9. The van der Waals surface area contributed by atoms with Crippen molar-refractivity contribution < 1.29 is 9.90 Å². The highest BCUT2D eigenvalue weighted by Crippen LogP contribution is 2.47. The van der Waals surface area contributed by atoms with Crippen molar-refractivity contribution in [1.29, 1.82) is 0 Å². The van der Waals surface area contributed by atoms with Gasteiger partial charge in [0.1, 0.15) is 0 Å². The van der Waals surface area contributed by atoms with E-state index in [1.807, 2.05) is 30.3 Å². The van der Waals surface area contributed by atoms with E-state index in [4.69, 9.17) is 5.73 Å². The molecule has 0 spiro atoms. The van der Waals surface area contributed by atoms with Crippen LogP contribution in [-0.4, -0.2) is 48.1 Å². The number of piperidine rings is 1. The molecule has 0 radical (unpaired) electrons. The Morgan fingerprint density at radius 2 is 1.76 bits per heavy atom. The molecule has 1 saturated heterocycles. The molecule has 2 saturated carbocycles. The van der Waals surface area contributed by atoms with Crippen molar-refractivity contribution >= 4 is 30.7 Å². The van der Waals surface area contributed by atoms with Gasteiger partial charge >= 0.3 is 0 Å². The number of nitrogens with one attached hydrogen (secondary N) is 1. The van der Waals surface area contributed by atoms with Gasteiger partial charge in [0.25, 0.3) is 0 Å². The van der Waals surface area contributed by atoms with Gasteiger partial charge in [-0.1, -0.05) is 30.3 Å². The Morgan fingerprint density at radius 3 is 2.38 bits per heavy atom. The maximum Gasteiger partial charge on any atom is 0.224 e. The van der Waals surface area contributed by atoms with Crippen LogP contribution in [0.3, 0.4) is 0 Å². The summed E-state index contributed by atoms with van der Waals surface area (Å²) >= 11 is 0. The Labute approximate surface area is 186 Å². The molecule has 4 rings (SSSR count). The third-order valence-electron chi connectivity index (χ3n) is 7.17. The minimum absolute atomic E-state index is 0. The van der Waals surface area contributed by atoms with Gasteiger partial charge in [0.15, 0.2) is 0 Å². The molecule has 1 aromatic carbocycles. The van der Waals surface area contributed by atoms with Crippen molar-refractivity contribution in [2.75, 3.05) is 26.2 Å². The minimum atomic E-state index is -0.429. The fourth-order valence-corrected chi connectivity index (χ4v) is 5.49. The number of nitrogens with two attached hydrogens (primary N) is 1. The number of β-amino-alcohol motifs (C(OH)–C–C–N with tert-alkyl or cyclic N) is 1. The molecule has 1 aliphatic heterocycles. The zero-order chi connectivity index (χ0) is 18.8. The van der Waals surface area contributed by atoms with E-state index in [0.29, 0.717) is 24.3 Å². The minimum Gasteiger partial charge on any atom is -0.387 e. The highest BCUT2D eigenvalue weighted by atomic mass is 35.5. The van der Waals surface area contributed by atoms with Crippen molar-refractivity contribution in [1.82, 2.24) is 10.2 Å². The predicted molar refractivity (Wildman–Crippen MR) is 120 cm³/mol. The third kappa shape index (κ3) is 5.65. The fourth-order valence-electron chi connectivity index (χ4n) is 5.49. The SMILES string of the molecule is Cl.Cl.NC1C2CCC(C2)C1C(=O)NCC1CCN(CC(O)c2ccccc2)CC1. The number of carbonyl (C=O) groups excluding carboxylic acids is 1. The Balaban J connectivity index is 0.00000150. The van der Waals surface area contributed by atoms with Crippen LogP contribution >= 0.6 is 24.8 Å². The first-order valence-corrected chi connectivity index (χ1v) is 10.6. The van der Waals surface area contributed by atoms with Crippen LogP contribution in [0.1, 0.15) is 43.8 Å². The quantitative estimate of drug-likeness (QED) is 0.631. The number of hydrogen-bond acceptors (Lipinski definition) is 4. The van der Waals surface area contributed by atoms with Crippen LogP contribution in [0.15, 0.2) is 30.3 Å². The van der Waals surface area contributed by atoms with E-state index in [1.165, 1.54) is 12.8 Å². The number of halogens is 2. The van der Waals surface area contributed by atoms with Gasteiger partial charge in [-0.25, -0.2) is 0 Å². The van der Waals surface area contributed by atoms with Crippen molar-refractivity contribution in [2.24, 2.45) is 29.4 Å². The number of fused-ring (bicyclic) bond motifs is 2. The summed E-state index contributed by atoms with van der Waals surface area (Å²) in [6.45, 7) is 3.42. The number of benzene rings is 1. The van der Waals surface area contributed by atoms with E-state index < -0.39 is 6.10 Å². The van der Waals surface area contributed by atoms with Crippen molar-refractivity contribution in [2.45, 2.75) is 44.2 Å². The van der Waals surface area contributed by atoms with Crippen molar-refractivity contribution in [3.8, 4) is 0 Å². The van der Waals surface area contributed by atoms with Crippen LogP contribution in [0.25, 0.3) is 0 Å². The largest absolute Gasteiger partial charge is 0.387 e. The predicted octanol–water partition coefficient (Wildman–Crippen LogP) is 2.77. The molecule has 5 atom stereocenters. The Morgan fingerprint density at radius 1 is 1.10 bits per heavy atom. The number of likely N-dealkylation sites (tertiary alicyclic amines) is 1. The normalized spacial score (nSPS) is 30.3. The van der Waals surface area contributed by atoms with E-state index >= 15 is 0 Å². The molecule has 7 heteroatoms. The molecule has 3 aliphatic rings. The first-order valence-electron chi connectivity index (χ1n) is 10.6. The molecule has 164 valence electrons. The first-order chi connectivity index (χ1) is 13.1. The number of carbonyl (C=O) groups is 1. The molecular formula is C22H35Cl2N3O2. The van der Waals surface area contributed by atoms with Crippen LogP contribution < -0.4 is 11.1 Å². The van der Waals surface area contributed by atoms with E-state index in [0.717, 1.165) is 44.5 Å². The van der Waals surface area contributed by atoms with Gasteiger partial charge in [-0.3, -0.25) is 4.79 Å². The maximum atomic E-state index is 12.6. The zero-order valence-corrected chi connectivity index (χ0v) is 18.5. The second-order valence-electron chi connectivity index (χ2n) is 8.85. The van der Waals surface area contributed by atoms with E-state index in [-0.39, 0.29) is 42.7 Å². The van der Waals surface area contributed by atoms with Gasteiger partial charge < -0.3 is 21.1 Å². The first kappa shape index (κ1) is 24.4. The summed E-state index contributed by atoms with van der Waals surface area (Å²) < 4.78 is 0. The monoisotopic (exact) mass is 443 g/mol. The second kappa shape index (κ2) is 11.0. The highest BCUT2D eigenvalue weighted by molar-refractivity contribution is 5.85. The van der Waals surface area contributed by atoms with Crippen LogP contribution in [-0.2, 0) is 4.79 Å². The van der Waals surface area contributed by atoms with Gasteiger partial charge in [-0.2, -0.15) is 0 Å². The average molecular weight is 444 g/mol. The van der Waals surface area contributed by atoms with Gasteiger partial charge in [0.2, 0.25) is 5.91 Å². The lowest BCUT2D eigenvalue weighted by Crippen LogP contribution is -2.47. The number of aliphatic hydroxyl groups excluding tert-OH is 1. The maximum absolute atomic E-state index is 12.6. The van der Waals surface area contributed by atoms with Crippen LogP contribution in [0, 0.1) is 23.7 Å².